The second-order valence-electron chi connectivity index (χ2n) is 7.25. The molecule has 0 atom stereocenters. The van der Waals surface area contributed by atoms with Crippen LogP contribution in [-0.2, 0) is 17.8 Å². The molecular weight excluding hydrogens is 412 g/mol. The minimum Gasteiger partial charge on any atom is -0.421 e. The van der Waals surface area contributed by atoms with Crippen molar-refractivity contribution in [2.24, 2.45) is 5.10 Å². The fourth-order valence-corrected chi connectivity index (χ4v) is 3.25. The van der Waals surface area contributed by atoms with E-state index in [-0.39, 0.29) is 29.9 Å². The van der Waals surface area contributed by atoms with E-state index in [1.54, 1.807) is 4.57 Å². The largest absolute Gasteiger partial charge is 0.421 e. The van der Waals surface area contributed by atoms with Gasteiger partial charge in [0.25, 0.3) is 5.56 Å². The molecule has 0 unspecified atom stereocenters. The van der Waals surface area contributed by atoms with Crippen molar-refractivity contribution in [3.05, 3.63) is 58.5 Å². The van der Waals surface area contributed by atoms with Gasteiger partial charge in [0, 0.05) is 24.9 Å². The van der Waals surface area contributed by atoms with Crippen molar-refractivity contribution in [1.82, 2.24) is 35.1 Å². The molecule has 1 amide bonds. The van der Waals surface area contributed by atoms with Crippen molar-refractivity contribution in [2.45, 2.75) is 45.6 Å². The van der Waals surface area contributed by atoms with Crippen LogP contribution in [0.25, 0.3) is 22.6 Å². The van der Waals surface area contributed by atoms with Crippen LogP contribution in [-0.4, -0.2) is 35.6 Å². The van der Waals surface area contributed by atoms with Crippen LogP contribution in [0.5, 0.6) is 0 Å². The van der Waals surface area contributed by atoms with Crippen LogP contribution in [0.3, 0.4) is 0 Å². The van der Waals surface area contributed by atoms with Crippen LogP contribution in [0.2, 0.25) is 0 Å². The summed E-state index contributed by atoms with van der Waals surface area (Å²) < 4.78 is 7.40. The molecule has 0 aliphatic heterocycles. The van der Waals surface area contributed by atoms with Gasteiger partial charge in [-0.2, -0.15) is 0 Å². The lowest BCUT2D eigenvalue weighted by Gasteiger charge is -2.08. The van der Waals surface area contributed by atoms with Crippen molar-refractivity contribution in [1.29, 1.82) is 0 Å². The van der Waals surface area contributed by atoms with Gasteiger partial charge < -0.3 is 9.40 Å². The van der Waals surface area contributed by atoms with Gasteiger partial charge in [-0.05, 0) is 18.6 Å². The van der Waals surface area contributed by atoms with Crippen molar-refractivity contribution in [2.75, 3.05) is 0 Å². The van der Waals surface area contributed by atoms with Crippen LogP contribution in [0.1, 0.15) is 38.5 Å². The van der Waals surface area contributed by atoms with Gasteiger partial charge in [0.2, 0.25) is 23.3 Å². The van der Waals surface area contributed by atoms with E-state index in [1.807, 2.05) is 30.3 Å². The van der Waals surface area contributed by atoms with Crippen LogP contribution < -0.4 is 16.6 Å². The standard InChI is InChI=1S/C21H24N8O3/c1-2-3-7-12-29-18-17(22-13-23-18)19(31)24-21(29)28-25-15(30)10-11-16-26-27-20(32-16)14-8-5-4-6-9-14/h4-6,8-9,13H,2-3,7,10-12H2,1H3,(H,22,23)(H,25,30)(H,24,28,31). The minimum absolute atomic E-state index is 0.102. The number of carbonyl (C=O) groups is 1. The lowest BCUT2D eigenvalue weighted by molar-refractivity contribution is -0.121. The number of amides is 1. The maximum atomic E-state index is 12.3. The summed E-state index contributed by atoms with van der Waals surface area (Å²) in [7, 11) is 0. The van der Waals surface area contributed by atoms with Gasteiger partial charge in [-0.15, -0.1) is 15.3 Å². The summed E-state index contributed by atoms with van der Waals surface area (Å²) in [4.78, 5) is 34.4. The first kappa shape index (κ1) is 21.2. The summed E-state index contributed by atoms with van der Waals surface area (Å²) >= 11 is 0. The number of aryl methyl sites for hydroxylation is 2. The zero-order valence-electron chi connectivity index (χ0n) is 17.7. The number of nitrogens with zero attached hydrogens (tertiary/aromatic N) is 5. The van der Waals surface area contributed by atoms with E-state index in [2.05, 4.69) is 42.6 Å². The topological polar surface area (TPSA) is 147 Å². The lowest BCUT2D eigenvalue weighted by Crippen LogP contribution is -2.35. The minimum atomic E-state index is -0.350. The van der Waals surface area contributed by atoms with Crippen LogP contribution in [0, 0.1) is 0 Å². The van der Waals surface area contributed by atoms with Gasteiger partial charge in [0.1, 0.15) is 5.52 Å². The van der Waals surface area contributed by atoms with Gasteiger partial charge >= 0.3 is 0 Å². The molecule has 0 aliphatic rings. The number of hydrogen-bond acceptors (Lipinski definition) is 7. The normalized spacial score (nSPS) is 11.8. The summed E-state index contributed by atoms with van der Waals surface area (Å²) in [6, 6.07) is 9.41. The first-order chi connectivity index (χ1) is 15.7. The van der Waals surface area contributed by atoms with Gasteiger partial charge in [-0.1, -0.05) is 38.0 Å². The summed E-state index contributed by atoms with van der Waals surface area (Å²) in [5, 5.41) is 12.1. The number of carbonyl (C=O) groups excluding carboxylic acids is 1. The third-order valence-corrected chi connectivity index (χ3v) is 4.91. The van der Waals surface area contributed by atoms with E-state index in [0.717, 1.165) is 24.8 Å². The number of aromatic nitrogens is 6. The SMILES string of the molecule is CCCCCn1/c(=N/NC(=O)CCc2nnc(-c3ccccc3)o2)[nH]c(=O)c2[nH]cnc21. The molecule has 0 saturated heterocycles. The fraction of sp³-hybridized carbons (Fsp3) is 0.333. The molecule has 0 aliphatic carbocycles. The fourth-order valence-electron chi connectivity index (χ4n) is 3.25. The summed E-state index contributed by atoms with van der Waals surface area (Å²) in [6.45, 7) is 2.73. The molecule has 4 rings (SSSR count). The molecule has 0 radical (unpaired) electrons. The molecule has 32 heavy (non-hydrogen) atoms. The predicted molar refractivity (Wildman–Crippen MR) is 116 cm³/mol. The highest BCUT2D eigenvalue weighted by atomic mass is 16.4. The maximum Gasteiger partial charge on any atom is 0.278 e. The van der Waals surface area contributed by atoms with E-state index < -0.39 is 0 Å². The first-order valence-corrected chi connectivity index (χ1v) is 10.5. The zero-order chi connectivity index (χ0) is 22.3. The number of unbranched alkanes of at least 4 members (excludes halogenated alkanes) is 2. The molecule has 11 heteroatoms. The summed E-state index contributed by atoms with van der Waals surface area (Å²) in [6.07, 6.45) is 4.81. The molecule has 11 nitrogen and oxygen atoms in total. The Hall–Kier alpha value is -4.02. The average molecular weight is 436 g/mol. The molecule has 3 aromatic heterocycles. The molecule has 0 saturated carbocycles. The van der Waals surface area contributed by atoms with E-state index in [1.165, 1.54) is 6.33 Å². The molecule has 0 spiro atoms. The number of rotatable bonds is 9. The Bertz CT molecular complexity index is 1320. The molecular formula is C21H24N8O3. The highest BCUT2D eigenvalue weighted by molar-refractivity contribution is 5.75. The third-order valence-electron chi connectivity index (χ3n) is 4.91. The van der Waals surface area contributed by atoms with Gasteiger partial charge in [-0.25, -0.2) is 10.4 Å². The van der Waals surface area contributed by atoms with Gasteiger partial charge in [-0.3, -0.25) is 19.1 Å². The van der Waals surface area contributed by atoms with Gasteiger partial charge in [0.15, 0.2) is 5.65 Å². The lowest BCUT2D eigenvalue weighted by atomic mass is 10.2. The molecule has 3 heterocycles. The second kappa shape index (κ2) is 9.86. The predicted octanol–water partition coefficient (Wildman–Crippen LogP) is 1.86. The van der Waals surface area contributed by atoms with Crippen LogP contribution >= 0.6 is 0 Å². The van der Waals surface area contributed by atoms with E-state index in [9.17, 15) is 9.59 Å². The van der Waals surface area contributed by atoms with E-state index in [0.29, 0.717) is 29.5 Å². The summed E-state index contributed by atoms with van der Waals surface area (Å²) in [5.74, 6) is 0.427. The number of hydrogen-bond donors (Lipinski definition) is 3. The molecule has 4 aromatic rings. The van der Waals surface area contributed by atoms with E-state index in [4.69, 9.17) is 4.42 Å². The smallest absolute Gasteiger partial charge is 0.278 e. The monoisotopic (exact) mass is 436 g/mol. The Morgan fingerprint density at radius 3 is 2.88 bits per heavy atom. The number of aromatic amines is 2. The number of benzene rings is 1. The molecule has 3 N–H and O–H groups in total. The van der Waals surface area contributed by atoms with Crippen molar-refractivity contribution >= 4 is 17.1 Å². The molecule has 1 aromatic carbocycles. The highest BCUT2D eigenvalue weighted by Crippen LogP contribution is 2.17. The first-order valence-electron chi connectivity index (χ1n) is 10.5. The van der Waals surface area contributed by atoms with Crippen molar-refractivity contribution < 1.29 is 9.21 Å². The number of imidazole rings is 1. The van der Waals surface area contributed by atoms with Crippen LogP contribution in [0.4, 0.5) is 0 Å². The maximum absolute atomic E-state index is 12.3. The summed E-state index contributed by atoms with van der Waals surface area (Å²) in [5.41, 5.74) is 4.06. The van der Waals surface area contributed by atoms with Gasteiger partial charge in [0.05, 0.1) is 6.33 Å². The number of nitrogens with one attached hydrogen (secondary N) is 3. The third kappa shape index (κ3) is 4.82. The van der Waals surface area contributed by atoms with Crippen molar-refractivity contribution in [3.8, 4) is 11.5 Å². The Kier molecular flexibility index (Phi) is 6.54. The molecule has 0 fully saturated rings. The Morgan fingerprint density at radius 2 is 2.06 bits per heavy atom. The quantitative estimate of drug-likeness (QED) is 0.269. The molecule has 0 bridgehead atoms. The second-order valence-corrected chi connectivity index (χ2v) is 7.25. The zero-order valence-corrected chi connectivity index (χ0v) is 17.7. The average Bonchev–Trinajstić information content (AvgIpc) is 3.49. The highest BCUT2D eigenvalue weighted by Gasteiger charge is 2.11. The number of fused-ring (bicyclic) bond motifs is 1. The number of H-pyrrole nitrogens is 2. The Balaban J connectivity index is 1.45. The van der Waals surface area contributed by atoms with Crippen molar-refractivity contribution in [3.63, 3.8) is 0 Å². The van der Waals surface area contributed by atoms with Crippen LogP contribution in [0.15, 0.2) is 51.0 Å². The Morgan fingerprint density at radius 1 is 1.22 bits per heavy atom. The van der Waals surface area contributed by atoms with E-state index >= 15 is 0 Å². The molecule has 166 valence electrons. The Labute approximate surface area is 182 Å².